The minimum Gasteiger partial charge on any atom is -0.352 e. The third kappa shape index (κ3) is 6.45. The zero-order valence-corrected chi connectivity index (χ0v) is 16.8. The summed E-state index contributed by atoms with van der Waals surface area (Å²) in [7, 11) is 0. The number of hydrogen-bond donors (Lipinski definition) is 2. The molecular formula is C19H29Cl2N3O2. The second-order valence-corrected chi connectivity index (χ2v) is 7.12. The molecule has 0 aliphatic carbocycles. The highest BCUT2D eigenvalue weighted by Crippen LogP contribution is 2.20. The van der Waals surface area contributed by atoms with E-state index in [1.807, 2.05) is 0 Å². The standard InChI is InChI=1S/C19H28ClN3O2.ClH/c1-2-3-6-17(12-21)22-18(24)15-5-4-11-23(13-15)19(25)14-7-9-16(20)10-8-14;/h7-10,15,17H,2-6,11-13,21H2,1H3,(H,22,24);1H. The molecule has 2 unspecified atom stereocenters. The Balaban J connectivity index is 0.00000338. The monoisotopic (exact) mass is 401 g/mol. The van der Waals surface area contributed by atoms with Gasteiger partial charge in [-0.15, -0.1) is 12.4 Å². The molecule has 26 heavy (non-hydrogen) atoms. The van der Waals surface area contributed by atoms with Gasteiger partial charge in [0.2, 0.25) is 5.91 Å². The van der Waals surface area contributed by atoms with E-state index in [2.05, 4.69) is 12.2 Å². The summed E-state index contributed by atoms with van der Waals surface area (Å²) in [5.74, 6) is -0.198. The predicted molar refractivity (Wildman–Crippen MR) is 108 cm³/mol. The van der Waals surface area contributed by atoms with Crippen molar-refractivity contribution in [2.75, 3.05) is 19.6 Å². The van der Waals surface area contributed by atoms with Crippen LogP contribution < -0.4 is 11.1 Å². The molecule has 0 radical (unpaired) electrons. The third-order valence-electron chi connectivity index (χ3n) is 4.71. The highest BCUT2D eigenvalue weighted by atomic mass is 35.5. The smallest absolute Gasteiger partial charge is 0.253 e. The topological polar surface area (TPSA) is 75.4 Å². The number of likely N-dealkylation sites (tertiary alicyclic amines) is 1. The summed E-state index contributed by atoms with van der Waals surface area (Å²) in [5.41, 5.74) is 6.37. The summed E-state index contributed by atoms with van der Waals surface area (Å²) >= 11 is 5.88. The maximum Gasteiger partial charge on any atom is 0.253 e. The summed E-state index contributed by atoms with van der Waals surface area (Å²) < 4.78 is 0. The lowest BCUT2D eigenvalue weighted by molar-refractivity contribution is -0.127. The first-order valence-corrected chi connectivity index (χ1v) is 9.48. The molecule has 5 nitrogen and oxygen atoms in total. The maximum atomic E-state index is 12.6. The lowest BCUT2D eigenvalue weighted by Crippen LogP contribution is -2.49. The average molecular weight is 402 g/mol. The quantitative estimate of drug-likeness (QED) is 0.735. The van der Waals surface area contributed by atoms with Gasteiger partial charge in [0.15, 0.2) is 0 Å². The summed E-state index contributed by atoms with van der Waals surface area (Å²) in [6, 6.07) is 6.90. The molecule has 1 aromatic rings. The molecule has 146 valence electrons. The van der Waals surface area contributed by atoms with Crippen molar-refractivity contribution in [2.45, 2.75) is 45.1 Å². The van der Waals surface area contributed by atoms with Gasteiger partial charge in [0.25, 0.3) is 5.91 Å². The fourth-order valence-electron chi connectivity index (χ4n) is 3.17. The van der Waals surface area contributed by atoms with Crippen molar-refractivity contribution in [3.8, 4) is 0 Å². The van der Waals surface area contributed by atoms with E-state index in [0.29, 0.717) is 30.2 Å². The van der Waals surface area contributed by atoms with Gasteiger partial charge in [-0.1, -0.05) is 31.4 Å². The molecular weight excluding hydrogens is 373 g/mol. The first kappa shape index (κ1) is 22.7. The molecule has 0 aromatic heterocycles. The van der Waals surface area contributed by atoms with Crippen molar-refractivity contribution in [3.05, 3.63) is 34.9 Å². The molecule has 1 heterocycles. The van der Waals surface area contributed by atoms with Crippen molar-refractivity contribution >= 4 is 35.8 Å². The van der Waals surface area contributed by atoms with Gasteiger partial charge in [-0.25, -0.2) is 0 Å². The number of piperidine rings is 1. The van der Waals surface area contributed by atoms with Crippen LogP contribution in [0.4, 0.5) is 0 Å². The zero-order chi connectivity index (χ0) is 18.2. The van der Waals surface area contributed by atoms with Gasteiger partial charge < -0.3 is 16.0 Å². The minimum atomic E-state index is -0.166. The summed E-state index contributed by atoms with van der Waals surface area (Å²) in [6.07, 6.45) is 4.67. The molecule has 2 atom stereocenters. The number of nitrogens with one attached hydrogen (secondary N) is 1. The fraction of sp³-hybridized carbons (Fsp3) is 0.579. The first-order valence-electron chi connectivity index (χ1n) is 9.10. The van der Waals surface area contributed by atoms with Gasteiger partial charge in [0, 0.05) is 36.3 Å². The van der Waals surface area contributed by atoms with E-state index in [9.17, 15) is 9.59 Å². The Labute approximate surface area is 167 Å². The molecule has 2 rings (SSSR count). The number of rotatable bonds is 7. The molecule has 1 aliphatic rings. The molecule has 1 aliphatic heterocycles. The van der Waals surface area contributed by atoms with Crippen molar-refractivity contribution in [3.63, 3.8) is 0 Å². The van der Waals surface area contributed by atoms with Crippen LogP contribution >= 0.6 is 24.0 Å². The Hall–Kier alpha value is -1.30. The largest absolute Gasteiger partial charge is 0.352 e. The SMILES string of the molecule is CCCCC(CN)NC(=O)C1CCCN(C(=O)c2ccc(Cl)cc2)C1.Cl. The minimum absolute atomic E-state index is 0. The van der Waals surface area contributed by atoms with E-state index in [1.54, 1.807) is 29.2 Å². The van der Waals surface area contributed by atoms with Crippen LogP contribution in [0.1, 0.15) is 49.4 Å². The highest BCUT2D eigenvalue weighted by Gasteiger charge is 2.29. The second-order valence-electron chi connectivity index (χ2n) is 6.68. The molecule has 3 N–H and O–H groups in total. The highest BCUT2D eigenvalue weighted by molar-refractivity contribution is 6.30. The van der Waals surface area contributed by atoms with Crippen molar-refractivity contribution in [1.29, 1.82) is 0 Å². The van der Waals surface area contributed by atoms with Gasteiger partial charge in [0.1, 0.15) is 0 Å². The van der Waals surface area contributed by atoms with Crippen LogP contribution in [0.3, 0.4) is 0 Å². The van der Waals surface area contributed by atoms with E-state index in [1.165, 1.54) is 0 Å². The van der Waals surface area contributed by atoms with Gasteiger partial charge >= 0.3 is 0 Å². The predicted octanol–water partition coefficient (Wildman–Crippen LogP) is 3.25. The number of nitrogens with zero attached hydrogens (tertiary/aromatic N) is 1. The van der Waals surface area contributed by atoms with Crippen molar-refractivity contribution in [2.24, 2.45) is 11.7 Å². The fourth-order valence-corrected chi connectivity index (χ4v) is 3.30. The molecule has 0 spiro atoms. The molecule has 1 fully saturated rings. The Morgan fingerprint density at radius 3 is 2.65 bits per heavy atom. The summed E-state index contributed by atoms with van der Waals surface area (Å²) in [4.78, 5) is 27.0. The summed E-state index contributed by atoms with van der Waals surface area (Å²) in [6.45, 7) is 3.71. The molecule has 2 amide bonds. The molecule has 7 heteroatoms. The number of carbonyl (C=O) groups excluding carboxylic acids is 2. The lowest BCUT2D eigenvalue weighted by Gasteiger charge is -2.33. The van der Waals surface area contributed by atoms with Gasteiger partial charge in [-0.2, -0.15) is 0 Å². The number of amides is 2. The van der Waals surface area contributed by atoms with E-state index in [-0.39, 0.29) is 36.2 Å². The molecule has 0 saturated carbocycles. The number of benzene rings is 1. The van der Waals surface area contributed by atoms with Gasteiger partial charge in [-0.05, 0) is 43.5 Å². The second kappa shape index (κ2) is 11.4. The van der Waals surface area contributed by atoms with E-state index in [4.69, 9.17) is 17.3 Å². The number of hydrogen-bond acceptors (Lipinski definition) is 3. The maximum absolute atomic E-state index is 12.6. The summed E-state index contributed by atoms with van der Waals surface area (Å²) in [5, 5.41) is 3.66. The van der Waals surface area contributed by atoms with Crippen LogP contribution in [-0.4, -0.2) is 42.4 Å². The first-order chi connectivity index (χ1) is 12.0. The van der Waals surface area contributed by atoms with Crippen molar-refractivity contribution < 1.29 is 9.59 Å². The number of carbonyl (C=O) groups is 2. The number of halogens is 2. The van der Waals surface area contributed by atoms with Crippen LogP contribution in [0, 0.1) is 5.92 Å². The molecule has 1 aromatic carbocycles. The Morgan fingerprint density at radius 1 is 1.35 bits per heavy atom. The molecule has 1 saturated heterocycles. The number of unbranched alkanes of at least 4 members (excludes halogenated alkanes) is 1. The Kier molecular flexibility index (Phi) is 9.99. The van der Waals surface area contributed by atoms with Crippen LogP contribution in [0.5, 0.6) is 0 Å². The van der Waals surface area contributed by atoms with Gasteiger partial charge in [-0.3, -0.25) is 9.59 Å². The van der Waals surface area contributed by atoms with Crippen LogP contribution in [-0.2, 0) is 4.79 Å². The number of nitrogens with two attached hydrogens (primary N) is 1. The van der Waals surface area contributed by atoms with E-state index >= 15 is 0 Å². The third-order valence-corrected chi connectivity index (χ3v) is 4.96. The van der Waals surface area contributed by atoms with Crippen LogP contribution in [0.25, 0.3) is 0 Å². The van der Waals surface area contributed by atoms with E-state index in [0.717, 1.165) is 32.1 Å². The Morgan fingerprint density at radius 2 is 2.04 bits per heavy atom. The Bertz CT molecular complexity index is 581. The normalized spacial score (nSPS) is 18.0. The van der Waals surface area contributed by atoms with Crippen molar-refractivity contribution in [1.82, 2.24) is 10.2 Å². The average Bonchev–Trinajstić information content (AvgIpc) is 2.65. The van der Waals surface area contributed by atoms with Crippen LogP contribution in [0.2, 0.25) is 5.02 Å². The van der Waals surface area contributed by atoms with Gasteiger partial charge in [0.05, 0.1) is 5.92 Å². The molecule has 0 bridgehead atoms. The van der Waals surface area contributed by atoms with E-state index < -0.39 is 0 Å². The lowest BCUT2D eigenvalue weighted by atomic mass is 9.95. The van der Waals surface area contributed by atoms with Crippen LogP contribution in [0.15, 0.2) is 24.3 Å². The zero-order valence-electron chi connectivity index (χ0n) is 15.2.